The molecule has 0 aromatic rings. The zero-order chi connectivity index (χ0) is 10.7. The van der Waals surface area contributed by atoms with Crippen molar-refractivity contribution in [2.75, 3.05) is 19.6 Å². The first kappa shape index (κ1) is 11.4. The third-order valence-corrected chi connectivity index (χ3v) is 3.57. The molecule has 15 heavy (non-hydrogen) atoms. The second-order valence-corrected chi connectivity index (χ2v) is 5.72. The molecule has 1 saturated carbocycles. The van der Waals surface area contributed by atoms with Crippen LogP contribution < -0.4 is 5.32 Å². The summed E-state index contributed by atoms with van der Waals surface area (Å²) in [5.74, 6) is 0.812. The first-order chi connectivity index (χ1) is 7.25. The molecule has 0 radical (unpaired) electrons. The molecular weight excluding hydrogens is 184 g/mol. The van der Waals surface area contributed by atoms with Crippen LogP contribution in [0.3, 0.4) is 0 Å². The lowest BCUT2D eigenvalue weighted by molar-refractivity contribution is 0.129. The van der Waals surface area contributed by atoms with Gasteiger partial charge in [-0.2, -0.15) is 0 Å². The Morgan fingerprint density at radius 1 is 1.20 bits per heavy atom. The summed E-state index contributed by atoms with van der Waals surface area (Å²) in [4.78, 5) is 2.71. The molecule has 2 aliphatic rings. The fraction of sp³-hybridized carbons (Fsp3) is 1.00. The summed E-state index contributed by atoms with van der Waals surface area (Å²) in [7, 11) is 0. The van der Waals surface area contributed by atoms with Crippen LogP contribution in [0.5, 0.6) is 0 Å². The normalized spacial score (nSPS) is 28.6. The lowest BCUT2D eigenvalue weighted by Gasteiger charge is -2.37. The quantitative estimate of drug-likeness (QED) is 0.749. The molecule has 1 aliphatic carbocycles. The van der Waals surface area contributed by atoms with Gasteiger partial charge in [0.1, 0.15) is 0 Å². The largest absolute Gasteiger partial charge is 0.312 e. The van der Waals surface area contributed by atoms with Crippen LogP contribution in [0.25, 0.3) is 0 Å². The zero-order valence-corrected chi connectivity index (χ0v) is 10.3. The topological polar surface area (TPSA) is 15.3 Å². The van der Waals surface area contributed by atoms with Gasteiger partial charge in [-0.3, -0.25) is 4.90 Å². The highest BCUT2D eigenvalue weighted by atomic mass is 15.2. The highest BCUT2D eigenvalue weighted by Gasteiger charge is 2.26. The van der Waals surface area contributed by atoms with E-state index in [0.29, 0.717) is 0 Å². The van der Waals surface area contributed by atoms with Gasteiger partial charge in [-0.1, -0.05) is 20.3 Å². The van der Waals surface area contributed by atoms with E-state index in [4.69, 9.17) is 0 Å². The fourth-order valence-corrected chi connectivity index (χ4v) is 2.59. The SMILES string of the molecule is CC(C)CN1CCCCC1CNC1CC1. The number of rotatable bonds is 5. The summed E-state index contributed by atoms with van der Waals surface area (Å²) < 4.78 is 0. The second kappa shape index (κ2) is 5.31. The van der Waals surface area contributed by atoms with E-state index in [2.05, 4.69) is 24.1 Å². The zero-order valence-electron chi connectivity index (χ0n) is 10.3. The molecule has 1 unspecified atom stereocenters. The van der Waals surface area contributed by atoms with Crippen LogP contribution in [0.1, 0.15) is 46.0 Å². The number of hydrogen-bond acceptors (Lipinski definition) is 2. The maximum atomic E-state index is 3.69. The van der Waals surface area contributed by atoms with E-state index in [1.54, 1.807) is 0 Å². The minimum atomic E-state index is 0.812. The van der Waals surface area contributed by atoms with Crippen molar-refractivity contribution >= 4 is 0 Å². The van der Waals surface area contributed by atoms with Gasteiger partial charge < -0.3 is 5.32 Å². The van der Waals surface area contributed by atoms with E-state index in [-0.39, 0.29) is 0 Å². The molecule has 1 saturated heterocycles. The Labute approximate surface area is 94.4 Å². The Kier molecular flexibility index (Phi) is 4.04. The predicted molar refractivity (Wildman–Crippen MR) is 65.1 cm³/mol. The van der Waals surface area contributed by atoms with Crippen molar-refractivity contribution in [3.8, 4) is 0 Å². The number of piperidine rings is 1. The van der Waals surface area contributed by atoms with Gasteiger partial charge in [-0.05, 0) is 38.1 Å². The van der Waals surface area contributed by atoms with Crippen LogP contribution in [-0.4, -0.2) is 36.6 Å². The summed E-state index contributed by atoms with van der Waals surface area (Å²) in [5.41, 5.74) is 0. The second-order valence-electron chi connectivity index (χ2n) is 5.72. The van der Waals surface area contributed by atoms with Gasteiger partial charge in [0.05, 0.1) is 0 Å². The van der Waals surface area contributed by atoms with Crippen molar-refractivity contribution < 1.29 is 0 Å². The van der Waals surface area contributed by atoms with Crippen molar-refractivity contribution in [2.45, 2.75) is 58.0 Å². The van der Waals surface area contributed by atoms with E-state index in [1.807, 2.05) is 0 Å². The number of hydrogen-bond donors (Lipinski definition) is 1. The van der Waals surface area contributed by atoms with E-state index in [1.165, 1.54) is 51.7 Å². The predicted octanol–water partition coefficient (Wildman–Crippen LogP) is 2.25. The van der Waals surface area contributed by atoms with Gasteiger partial charge >= 0.3 is 0 Å². The van der Waals surface area contributed by atoms with Crippen molar-refractivity contribution in [3.05, 3.63) is 0 Å². The average Bonchev–Trinajstić information content (AvgIpc) is 2.99. The maximum Gasteiger partial charge on any atom is 0.0220 e. The molecule has 2 rings (SSSR count). The van der Waals surface area contributed by atoms with E-state index in [0.717, 1.165) is 18.0 Å². The molecule has 1 heterocycles. The van der Waals surface area contributed by atoms with Crippen molar-refractivity contribution in [1.29, 1.82) is 0 Å². The number of nitrogens with one attached hydrogen (secondary N) is 1. The molecule has 0 spiro atoms. The van der Waals surface area contributed by atoms with E-state index >= 15 is 0 Å². The molecule has 1 N–H and O–H groups in total. The molecule has 1 aliphatic heterocycles. The molecule has 1 atom stereocenters. The molecule has 0 aromatic carbocycles. The lowest BCUT2D eigenvalue weighted by Crippen LogP contribution is -2.47. The van der Waals surface area contributed by atoms with Gasteiger partial charge in [-0.25, -0.2) is 0 Å². The number of nitrogens with zero attached hydrogens (tertiary/aromatic N) is 1. The molecule has 0 bridgehead atoms. The molecule has 0 amide bonds. The van der Waals surface area contributed by atoms with Crippen molar-refractivity contribution in [1.82, 2.24) is 10.2 Å². The van der Waals surface area contributed by atoms with Crippen LogP contribution in [-0.2, 0) is 0 Å². The molecule has 88 valence electrons. The van der Waals surface area contributed by atoms with Crippen molar-refractivity contribution in [3.63, 3.8) is 0 Å². The third-order valence-electron chi connectivity index (χ3n) is 3.57. The minimum absolute atomic E-state index is 0.812. The average molecular weight is 210 g/mol. The first-order valence-electron chi connectivity index (χ1n) is 6.73. The Morgan fingerprint density at radius 2 is 2.00 bits per heavy atom. The Bertz CT molecular complexity index is 187. The first-order valence-corrected chi connectivity index (χ1v) is 6.73. The van der Waals surface area contributed by atoms with Crippen LogP contribution in [0.15, 0.2) is 0 Å². The van der Waals surface area contributed by atoms with E-state index in [9.17, 15) is 0 Å². The monoisotopic (exact) mass is 210 g/mol. The molecule has 2 heteroatoms. The lowest BCUT2D eigenvalue weighted by atomic mass is 10.0. The smallest absolute Gasteiger partial charge is 0.0220 e. The molecule has 2 nitrogen and oxygen atoms in total. The molecule has 2 fully saturated rings. The van der Waals surface area contributed by atoms with E-state index < -0.39 is 0 Å². The summed E-state index contributed by atoms with van der Waals surface area (Å²) in [6.45, 7) is 8.52. The van der Waals surface area contributed by atoms with Crippen LogP contribution in [0.4, 0.5) is 0 Å². The van der Waals surface area contributed by atoms with Gasteiger partial charge in [0.25, 0.3) is 0 Å². The van der Waals surface area contributed by atoms with Gasteiger partial charge in [0, 0.05) is 25.2 Å². The minimum Gasteiger partial charge on any atom is -0.312 e. The van der Waals surface area contributed by atoms with Gasteiger partial charge in [0.15, 0.2) is 0 Å². The Balaban J connectivity index is 1.75. The van der Waals surface area contributed by atoms with Gasteiger partial charge in [-0.15, -0.1) is 0 Å². The summed E-state index contributed by atoms with van der Waals surface area (Å²) in [6.07, 6.45) is 7.08. The summed E-state index contributed by atoms with van der Waals surface area (Å²) in [6, 6.07) is 1.69. The van der Waals surface area contributed by atoms with Crippen molar-refractivity contribution in [2.24, 2.45) is 5.92 Å². The van der Waals surface area contributed by atoms with Gasteiger partial charge in [0.2, 0.25) is 0 Å². The third kappa shape index (κ3) is 3.76. The molecular formula is C13H26N2. The maximum absolute atomic E-state index is 3.69. The summed E-state index contributed by atoms with van der Waals surface area (Å²) >= 11 is 0. The van der Waals surface area contributed by atoms with Crippen LogP contribution in [0.2, 0.25) is 0 Å². The molecule has 0 aromatic heterocycles. The van der Waals surface area contributed by atoms with Crippen LogP contribution >= 0.6 is 0 Å². The number of likely N-dealkylation sites (tertiary alicyclic amines) is 1. The highest BCUT2D eigenvalue weighted by Crippen LogP contribution is 2.21. The Morgan fingerprint density at radius 3 is 2.67 bits per heavy atom. The fourth-order valence-electron chi connectivity index (χ4n) is 2.59. The standard InChI is InChI=1S/C13H26N2/c1-11(2)10-15-8-4-3-5-13(15)9-14-12-6-7-12/h11-14H,3-10H2,1-2H3. The Hall–Kier alpha value is -0.0800. The summed E-state index contributed by atoms with van der Waals surface area (Å²) in [5, 5.41) is 3.69. The van der Waals surface area contributed by atoms with Crippen LogP contribution in [0, 0.1) is 5.92 Å². The highest BCUT2D eigenvalue weighted by molar-refractivity contribution is 4.85.